The van der Waals surface area contributed by atoms with Gasteiger partial charge in [-0.25, -0.2) is 4.39 Å². The Morgan fingerprint density at radius 1 is 1.33 bits per heavy atom. The molecule has 1 aliphatic rings. The molecule has 2 rings (SSSR count). The highest BCUT2D eigenvalue weighted by molar-refractivity contribution is 5.58. The zero-order valence-electron chi connectivity index (χ0n) is 14.0. The van der Waals surface area contributed by atoms with Gasteiger partial charge in [-0.05, 0) is 62.4 Å². The maximum atomic E-state index is 14.1. The van der Waals surface area contributed by atoms with E-state index in [9.17, 15) is 4.39 Å². The molecule has 1 saturated heterocycles. The maximum Gasteiger partial charge on any atom is 0.126 e. The van der Waals surface area contributed by atoms with Crippen LogP contribution in [-0.2, 0) is 0 Å². The number of anilines is 1. The van der Waals surface area contributed by atoms with Crippen molar-refractivity contribution >= 4 is 5.69 Å². The molecule has 2 nitrogen and oxygen atoms in total. The molecular formula is C18H29FN2. The molecule has 0 radical (unpaired) electrons. The second kappa shape index (κ2) is 6.78. The molecule has 3 heteroatoms. The van der Waals surface area contributed by atoms with Gasteiger partial charge in [0.25, 0.3) is 0 Å². The third-order valence-corrected chi connectivity index (χ3v) is 4.66. The first-order valence-corrected chi connectivity index (χ1v) is 8.25. The largest absolute Gasteiger partial charge is 0.368 e. The summed E-state index contributed by atoms with van der Waals surface area (Å²) in [7, 11) is 0. The van der Waals surface area contributed by atoms with Gasteiger partial charge in [0.1, 0.15) is 5.82 Å². The smallest absolute Gasteiger partial charge is 0.126 e. The number of rotatable bonds is 5. The van der Waals surface area contributed by atoms with Crippen molar-refractivity contribution in [3.05, 3.63) is 29.1 Å². The Kier molecular flexibility index (Phi) is 5.26. The summed E-state index contributed by atoms with van der Waals surface area (Å²) in [6.45, 7) is 12.6. The lowest BCUT2D eigenvalue weighted by Crippen LogP contribution is -2.35. The normalized spacial score (nSPS) is 20.3. The fourth-order valence-electron chi connectivity index (χ4n) is 3.48. The summed E-state index contributed by atoms with van der Waals surface area (Å²) < 4.78 is 14.1. The van der Waals surface area contributed by atoms with Gasteiger partial charge in [0.05, 0.1) is 0 Å². The van der Waals surface area contributed by atoms with E-state index < -0.39 is 0 Å². The molecule has 0 saturated carbocycles. The SMILES string of the molecule is CCNC(C)c1cc(F)c(C)cc1N1CCCC1C(C)C. The second-order valence-corrected chi connectivity index (χ2v) is 6.59. The van der Waals surface area contributed by atoms with E-state index in [0.717, 1.165) is 24.2 Å². The number of halogens is 1. The molecule has 1 aromatic carbocycles. The van der Waals surface area contributed by atoms with Crippen LogP contribution in [0.15, 0.2) is 12.1 Å². The molecule has 1 fully saturated rings. The highest BCUT2D eigenvalue weighted by Crippen LogP contribution is 2.36. The molecule has 0 aliphatic carbocycles. The molecule has 118 valence electrons. The van der Waals surface area contributed by atoms with Crippen molar-refractivity contribution in [3.63, 3.8) is 0 Å². The summed E-state index contributed by atoms with van der Waals surface area (Å²) in [4.78, 5) is 2.50. The summed E-state index contributed by atoms with van der Waals surface area (Å²) >= 11 is 0. The second-order valence-electron chi connectivity index (χ2n) is 6.59. The fourth-order valence-corrected chi connectivity index (χ4v) is 3.48. The quantitative estimate of drug-likeness (QED) is 0.863. The van der Waals surface area contributed by atoms with E-state index in [1.807, 2.05) is 13.0 Å². The molecule has 1 aliphatic heterocycles. The Morgan fingerprint density at radius 2 is 2.05 bits per heavy atom. The average molecular weight is 292 g/mol. The Labute approximate surface area is 128 Å². The highest BCUT2D eigenvalue weighted by atomic mass is 19.1. The van der Waals surface area contributed by atoms with Gasteiger partial charge < -0.3 is 10.2 Å². The Balaban J connectivity index is 2.43. The van der Waals surface area contributed by atoms with Gasteiger partial charge in [-0.15, -0.1) is 0 Å². The molecule has 2 atom stereocenters. The minimum absolute atomic E-state index is 0.0983. The van der Waals surface area contributed by atoms with Gasteiger partial charge in [-0.1, -0.05) is 20.8 Å². The molecule has 2 unspecified atom stereocenters. The molecule has 0 spiro atoms. The third-order valence-electron chi connectivity index (χ3n) is 4.66. The first-order valence-electron chi connectivity index (χ1n) is 8.25. The summed E-state index contributed by atoms with van der Waals surface area (Å²) in [5.41, 5.74) is 3.05. The molecule has 0 amide bonds. The van der Waals surface area contributed by atoms with Gasteiger partial charge in [-0.3, -0.25) is 0 Å². The summed E-state index contributed by atoms with van der Waals surface area (Å²) in [5.74, 6) is 0.527. The van der Waals surface area contributed by atoms with Crippen LogP contribution in [0.2, 0.25) is 0 Å². The molecule has 0 bridgehead atoms. The van der Waals surface area contributed by atoms with Gasteiger partial charge in [0.2, 0.25) is 0 Å². The van der Waals surface area contributed by atoms with Crippen molar-refractivity contribution in [1.29, 1.82) is 0 Å². The monoisotopic (exact) mass is 292 g/mol. The van der Waals surface area contributed by atoms with Crippen molar-refractivity contribution in [3.8, 4) is 0 Å². The number of benzene rings is 1. The van der Waals surface area contributed by atoms with Gasteiger partial charge in [0, 0.05) is 24.3 Å². The number of nitrogens with one attached hydrogen (secondary N) is 1. The van der Waals surface area contributed by atoms with Crippen molar-refractivity contribution in [2.75, 3.05) is 18.0 Å². The predicted molar refractivity (Wildman–Crippen MR) is 88.4 cm³/mol. The van der Waals surface area contributed by atoms with Crippen molar-refractivity contribution < 1.29 is 4.39 Å². The van der Waals surface area contributed by atoms with Crippen LogP contribution in [0.1, 0.15) is 57.7 Å². The van der Waals surface area contributed by atoms with Crippen molar-refractivity contribution in [2.24, 2.45) is 5.92 Å². The van der Waals surface area contributed by atoms with E-state index in [-0.39, 0.29) is 11.9 Å². The predicted octanol–water partition coefficient (Wildman–Crippen LogP) is 4.43. The van der Waals surface area contributed by atoms with Crippen LogP contribution in [0.4, 0.5) is 10.1 Å². The summed E-state index contributed by atoms with van der Waals surface area (Å²) in [6.07, 6.45) is 2.47. The standard InChI is InChI=1S/C18H29FN2/c1-6-20-14(5)15-11-16(19)13(4)10-18(15)21-9-7-8-17(21)12(2)3/h10-12,14,17,20H,6-9H2,1-5H3. The number of hydrogen-bond donors (Lipinski definition) is 1. The van der Waals surface area contributed by atoms with Crippen LogP contribution in [0, 0.1) is 18.7 Å². The van der Waals surface area contributed by atoms with E-state index in [0.29, 0.717) is 12.0 Å². The van der Waals surface area contributed by atoms with Crippen molar-refractivity contribution in [1.82, 2.24) is 5.32 Å². The molecule has 0 aromatic heterocycles. The van der Waals surface area contributed by atoms with E-state index in [1.165, 1.54) is 18.5 Å². The lowest BCUT2D eigenvalue weighted by molar-refractivity contribution is 0.488. The molecular weight excluding hydrogens is 263 g/mol. The Bertz CT molecular complexity index is 484. The zero-order chi connectivity index (χ0) is 15.6. The molecule has 1 N–H and O–H groups in total. The van der Waals surface area contributed by atoms with Gasteiger partial charge in [-0.2, -0.15) is 0 Å². The van der Waals surface area contributed by atoms with Crippen LogP contribution in [0.5, 0.6) is 0 Å². The first kappa shape index (κ1) is 16.3. The third kappa shape index (κ3) is 3.39. The van der Waals surface area contributed by atoms with Crippen LogP contribution in [-0.4, -0.2) is 19.1 Å². The van der Waals surface area contributed by atoms with E-state index in [4.69, 9.17) is 0 Å². The van der Waals surface area contributed by atoms with E-state index in [2.05, 4.69) is 37.9 Å². The topological polar surface area (TPSA) is 15.3 Å². The highest BCUT2D eigenvalue weighted by Gasteiger charge is 2.29. The van der Waals surface area contributed by atoms with E-state index in [1.54, 1.807) is 6.07 Å². The Morgan fingerprint density at radius 3 is 2.67 bits per heavy atom. The summed E-state index contributed by atoms with van der Waals surface area (Å²) in [6, 6.07) is 4.52. The number of hydrogen-bond acceptors (Lipinski definition) is 2. The lowest BCUT2D eigenvalue weighted by Gasteiger charge is -2.33. The molecule has 21 heavy (non-hydrogen) atoms. The van der Waals surface area contributed by atoms with Crippen LogP contribution in [0.25, 0.3) is 0 Å². The first-order chi connectivity index (χ1) is 9.95. The van der Waals surface area contributed by atoms with Gasteiger partial charge in [0.15, 0.2) is 0 Å². The van der Waals surface area contributed by atoms with E-state index >= 15 is 0 Å². The zero-order valence-corrected chi connectivity index (χ0v) is 14.0. The van der Waals surface area contributed by atoms with Gasteiger partial charge >= 0.3 is 0 Å². The average Bonchev–Trinajstić information content (AvgIpc) is 2.91. The van der Waals surface area contributed by atoms with Crippen molar-refractivity contribution in [2.45, 2.75) is 59.5 Å². The van der Waals surface area contributed by atoms with Crippen LogP contribution >= 0.6 is 0 Å². The summed E-state index contributed by atoms with van der Waals surface area (Å²) in [5, 5.41) is 3.42. The fraction of sp³-hybridized carbons (Fsp3) is 0.667. The number of nitrogens with zero attached hydrogens (tertiary/aromatic N) is 1. The maximum absolute atomic E-state index is 14.1. The molecule has 1 heterocycles. The number of aryl methyl sites for hydroxylation is 1. The molecule has 1 aromatic rings. The minimum Gasteiger partial charge on any atom is -0.368 e. The Hall–Kier alpha value is -1.09. The minimum atomic E-state index is -0.0983. The van der Waals surface area contributed by atoms with Crippen LogP contribution in [0.3, 0.4) is 0 Å². The van der Waals surface area contributed by atoms with Crippen LogP contribution < -0.4 is 10.2 Å². The lowest BCUT2D eigenvalue weighted by atomic mass is 9.98.